The molecule has 0 unspecified atom stereocenters. The number of thiophene rings is 1. The number of H-pyrrole nitrogens is 1. The first-order chi connectivity index (χ1) is 8.74. The van der Waals surface area contributed by atoms with Crippen molar-refractivity contribution >= 4 is 22.9 Å². The van der Waals surface area contributed by atoms with Crippen LogP contribution in [0.25, 0.3) is 0 Å². The summed E-state index contributed by atoms with van der Waals surface area (Å²) in [5, 5.41) is 12.2. The van der Waals surface area contributed by atoms with Crippen molar-refractivity contribution < 1.29 is 4.79 Å². The quantitative estimate of drug-likeness (QED) is 0.871. The number of nitrogens with zero attached hydrogens (tertiary/aromatic N) is 1. The number of anilines is 1. The van der Waals surface area contributed by atoms with Gasteiger partial charge in [-0.05, 0) is 24.3 Å². The van der Waals surface area contributed by atoms with Gasteiger partial charge in [0.1, 0.15) is 0 Å². The van der Waals surface area contributed by atoms with E-state index in [0.717, 1.165) is 34.8 Å². The van der Waals surface area contributed by atoms with Crippen LogP contribution in [-0.4, -0.2) is 16.1 Å². The first-order valence-corrected chi connectivity index (χ1v) is 7.00. The Labute approximate surface area is 110 Å². The van der Waals surface area contributed by atoms with Crippen LogP contribution in [0.4, 0.5) is 5.69 Å². The van der Waals surface area contributed by atoms with E-state index >= 15 is 0 Å². The van der Waals surface area contributed by atoms with E-state index in [1.165, 1.54) is 0 Å². The maximum Gasteiger partial charge on any atom is 0.229 e. The minimum atomic E-state index is 0.0169. The highest BCUT2D eigenvalue weighted by atomic mass is 32.1. The van der Waals surface area contributed by atoms with Crippen LogP contribution in [0.1, 0.15) is 30.1 Å². The molecule has 0 aromatic carbocycles. The monoisotopic (exact) mass is 263 g/mol. The first kappa shape index (κ1) is 12.8. The van der Waals surface area contributed by atoms with Crippen molar-refractivity contribution in [2.24, 2.45) is 0 Å². The number of hydrogen-bond donors (Lipinski definition) is 2. The molecule has 2 rings (SSSR count). The van der Waals surface area contributed by atoms with Gasteiger partial charge in [-0.15, -0.1) is 11.3 Å². The smallest absolute Gasteiger partial charge is 0.229 e. The number of carbonyl (C=O) groups excluding carboxylic acids is 1. The largest absolute Gasteiger partial charge is 0.323 e. The highest BCUT2D eigenvalue weighted by molar-refractivity contribution is 7.10. The number of aryl methyl sites for hydroxylation is 2. The lowest BCUT2D eigenvalue weighted by atomic mass is 10.2. The Morgan fingerprint density at radius 3 is 2.89 bits per heavy atom. The summed E-state index contributed by atoms with van der Waals surface area (Å²) in [7, 11) is 0. The summed E-state index contributed by atoms with van der Waals surface area (Å²) in [4.78, 5) is 13.0. The van der Waals surface area contributed by atoms with Gasteiger partial charge in [-0.3, -0.25) is 9.89 Å². The summed E-state index contributed by atoms with van der Waals surface area (Å²) in [5.74, 6) is 0.0169. The molecule has 4 nitrogen and oxygen atoms in total. The van der Waals surface area contributed by atoms with E-state index in [-0.39, 0.29) is 5.91 Å². The molecular weight excluding hydrogens is 246 g/mol. The van der Waals surface area contributed by atoms with Crippen LogP contribution in [0.3, 0.4) is 0 Å². The van der Waals surface area contributed by atoms with E-state index in [1.54, 1.807) is 11.3 Å². The molecule has 0 saturated carbocycles. The van der Waals surface area contributed by atoms with Crippen molar-refractivity contribution in [3.63, 3.8) is 0 Å². The van der Waals surface area contributed by atoms with E-state index in [9.17, 15) is 4.79 Å². The van der Waals surface area contributed by atoms with E-state index in [2.05, 4.69) is 15.5 Å². The Kier molecular flexibility index (Phi) is 4.15. The standard InChI is InChI=1S/C13H17N3OS/c1-3-10-13(11(4-2)16-15-10)14-12(17)8-9-6-5-7-18-9/h5-7H,3-4,8H2,1-2H3,(H,14,17)(H,15,16). The molecule has 2 aromatic rings. The summed E-state index contributed by atoms with van der Waals surface area (Å²) in [6, 6.07) is 3.93. The topological polar surface area (TPSA) is 57.8 Å². The molecule has 96 valence electrons. The lowest BCUT2D eigenvalue weighted by molar-refractivity contribution is -0.115. The Morgan fingerprint density at radius 1 is 1.44 bits per heavy atom. The van der Waals surface area contributed by atoms with Crippen LogP contribution in [0.5, 0.6) is 0 Å². The van der Waals surface area contributed by atoms with Crippen molar-refractivity contribution in [2.45, 2.75) is 33.1 Å². The summed E-state index contributed by atoms with van der Waals surface area (Å²) in [6.45, 7) is 4.08. The van der Waals surface area contributed by atoms with Gasteiger partial charge in [0.05, 0.1) is 23.5 Å². The molecule has 0 fully saturated rings. The van der Waals surface area contributed by atoms with E-state index in [0.29, 0.717) is 6.42 Å². The normalized spacial score (nSPS) is 10.6. The second-order valence-corrected chi connectivity index (χ2v) is 5.07. The van der Waals surface area contributed by atoms with Crippen molar-refractivity contribution in [1.82, 2.24) is 10.2 Å². The second-order valence-electron chi connectivity index (χ2n) is 4.04. The Morgan fingerprint density at radius 2 is 2.28 bits per heavy atom. The zero-order valence-corrected chi connectivity index (χ0v) is 11.4. The maximum absolute atomic E-state index is 12.0. The summed E-state index contributed by atoms with van der Waals surface area (Å²) >= 11 is 1.60. The SMILES string of the molecule is CCc1n[nH]c(CC)c1NC(=O)Cc1cccs1. The van der Waals surface area contributed by atoms with Crippen molar-refractivity contribution in [1.29, 1.82) is 0 Å². The van der Waals surface area contributed by atoms with E-state index in [1.807, 2.05) is 31.4 Å². The number of aromatic nitrogens is 2. The van der Waals surface area contributed by atoms with Gasteiger partial charge < -0.3 is 5.32 Å². The fourth-order valence-corrected chi connectivity index (χ4v) is 2.54. The van der Waals surface area contributed by atoms with Crippen molar-refractivity contribution in [3.8, 4) is 0 Å². The average molecular weight is 263 g/mol. The molecule has 0 bridgehead atoms. The second kappa shape index (κ2) is 5.82. The molecule has 5 heteroatoms. The lowest BCUT2D eigenvalue weighted by Crippen LogP contribution is -2.15. The number of carbonyl (C=O) groups is 1. The third-order valence-electron chi connectivity index (χ3n) is 2.78. The first-order valence-electron chi connectivity index (χ1n) is 6.12. The van der Waals surface area contributed by atoms with Gasteiger partial charge in [-0.1, -0.05) is 19.9 Å². The summed E-state index contributed by atoms with van der Waals surface area (Å²) in [6.07, 6.45) is 2.07. The van der Waals surface area contributed by atoms with Gasteiger partial charge >= 0.3 is 0 Å². The van der Waals surface area contributed by atoms with Crippen LogP contribution < -0.4 is 5.32 Å². The third kappa shape index (κ3) is 2.79. The molecule has 18 heavy (non-hydrogen) atoms. The number of rotatable bonds is 5. The fraction of sp³-hybridized carbons (Fsp3) is 0.385. The van der Waals surface area contributed by atoms with Crippen LogP contribution in [0.15, 0.2) is 17.5 Å². The van der Waals surface area contributed by atoms with Gasteiger partial charge in [-0.2, -0.15) is 5.10 Å². The lowest BCUT2D eigenvalue weighted by Gasteiger charge is -2.06. The summed E-state index contributed by atoms with van der Waals surface area (Å²) in [5.41, 5.74) is 2.78. The van der Waals surface area contributed by atoms with Gasteiger partial charge in [-0.25, -0.2) is 0 Å². The molecule has 0 aliphatic rings. The predicted molar refractivity (Wildman–Crippen MR) is 74.0 cm³/mol. The molecule has 0 aliphatic heterocycles. The molecule has 1 amide bonds. The van der Waals surface area contributed by atoms with Gasteiger partial charge in [0.2, 0.25) is 5.91 Å². The minimum Gasteiger partial charge on any atom is -0.323 e. The van der Waals surface area contributed by atoms with Gasteiger partial charge in [0, 0.05) is 4.88 Å². The van der Waals surface area contributed by atoms with Gasteiger partial charge in [0.15, 0.2) is 0 Å². The third-order valence-corrected chi connectivity index (χ3v) is 3.66. The predicted octanol–water partition coefficient (Wildman–Crippen LogP) is 2.78. The molecule has 2 aromatic heterocycles. The zero-order chi connectivity index (χ0) is 13.0. The van der Waals surface area contributed by atoms with Crippen LogP contribution in [0.2, 0.25) is 0 Å². The summed E-state index contributed by atoms with van der Waals surface area (Å²) < 4.78 is 0. The highest BCUT2D eigenvalue weighted by Gasteiger charge is 2.13. The molecule has 2 heterocycles. The number of hydrogen-bond acceptors (Lipinski definition) is 3. The molecule has 0 atom stereocenters. The molecule has 0 spiro atoms. The number of nitrogens with one attached hydrogen (secondary N) is 2. The minimum absolute atomic E-state index is 0.0169. The van der Waals surface area contributed by atoms with Crippen LogP contribution >= 0.6 is 11.3 Å². The molecule has 0 radical (unpaired) electrons. The van der Waals surface area contributed by atoms with Crippen LogP contribution in [0, 0.1) is 0 Å². The Hall–Kier alpha value is -1.62. The molecule has 0 saturated heterocycles. The maximum atomic E-state index is 12.0. The fourth-order valence-electron chi connectivity index (χ4n) is 1.84. The van der Waals surface area contributed by atoms with Crippen LogP contribution in [-0.2, 0) is 24.1 Å². The molecular formula is C13H17N3OS. The zero-order valence-electron chi connectivity index (χ0n) is 10.6. The molecule has 2 N–H and O–H groups in total. The van der Waals surface area contributed by atoms with Crippen molar-refractivity contribution in [2.75, 3.05) is 5.32 Å². The average Bonchev–Trinajstić information content (AvgIpc) is 2.98. The van der Waals surface area contributed by atoms with E-state index < -0.39 is 0 Å². The van der Waals surface area contributed by atoms with E-state index in [4.69, 9.17) is 0 Å². The molecule has 0 aliphatic carbocycles. The highest BCUT2D eigenvalue weighted by Crippen LogP contribution is 2.20. The number of aromatic amines is 1. The Bertz CT molecular complexity index is 495. The van der Waals surface area contributed by atoms with Gasteiger partial charge in [0.25, 0.3) is 0 Å². The van der Waals surface area contributed by atoms with Crippen molar-refractivity contribution in [3.05, 3.63) is 33.8 Å². The Balaban J connectivity index is 2.08. The number of amides is 1.